The molecule has 0 bridgehead atoms. The maximum Gasteiger partial charge on any atom is 0.273 e. The van der Waals surface area contributed by atoms with Gasteiger partial charge in [0.2, 0.25) is 0 Å². The predicted molar refractivity (Wildman–Crippen MR) is 124 cm³/mol. The molecule has 3 rings (SSSR count). The molecule has 0 saturated heterocycles. The van der Waals surface area contributed by atoms with Gasteiger partial charge in [-0.1, -0.05) is 11.6 Å². The van der Waals surface area contributed by atoms with Crippen molar-refractivity contribution in [1.82, 2.24) is 23.7 Å². The molecular weight excluding hydrogens is 480 g/mol. The van der Waals surface area contributed by atoms with Crippen molar-refractivity contribution in [3.63, 3.8) is 0 Å². The summed E-state index contributed by atoms with van der Waals surface area (Å²) < 4.78 is 28.9. The Kier molecular flexibility index (Phi) is 8.06. The third kappa shape index (κ3) is 6.26. The standard InChI is InChI=1S/C18H23ClN6O3S3/c1-23(10-11-24(2)31(27,28)16-5-4-15(19)30-16)17(26)14-12-29-18(22-14)21-6-3-8-25-9-7-20-13-25/h4-5,7,9,12-13H,3,6,8,10-11H2,1-2H3,(H,21,22). The Balaban J connectivity index is 1.46. The van der Waals surface area contributed by atoms with Gasteiger partial charge in [0.1, 0.15) is 9.90 Å². The minimum Gasteiger partial charge on any atom is -0.361 e. The summed E-state index contributed by atoms with van der Waals surface area (Å²) in [5.41, 5.74) is 0.333. The van der Waals surface area contributed by atoms with E-state index >= 15 is 0 Å². The van der Waals surface area contributed by atoms with Gasteiger partial charge in [0.05, 0.1) is 10.7 Å². The Bertz CT molecular complexity index is 1100. The monoisotopic (exact) mass is 502 g/mol. The van der Waals surface area contributed by atoms with Crippen LogP contribution >= 0.6 is 34.3 Å². The van der Waals surface area contributed by atoms with E-state index in [0.717, 1.165) is 30.8 Å². The first-order valence-corrected chi connectivity index (χ1v) is 12.9. The molecule has 3 aromatic rings. The molecule has 0 aliphatic heterocycles. The Morgan fingerprint density at radius 2 is 2.10 bits per heavy atom. The van der Waals surface area contributed by atoms with Crippen LogP contribution in [0.4, 0.5) is 5.13 Å². The number of hydrogen-bond donors (Lipinski definition) is 1. The first-order chi connectivity index (χ1) is 14.8. The Morgan fingerprint density at radius 3 is 2.77 bits per heavy atom. The van der Waals surface area contributed by atoms with Gasteiger partial charge in [0, 0.05) is 58.0 Å². The van der Waals surface area contributed by atoms with Crippen molar-refractivity contribution in [2.75, 3.05) is 39.0 Å². The number of carbonyl (C=O) groups excluding carboxylic acids is 1. The molecule has 168 valence electrons. The zero-order chi connectivity index (χ0) is 22.4. The molecular formula is C18H23ClN6O3S3. The van der Waals surface area contributed by atoms with Crippen molar-refractivity contribution in [1.29, 1.82) is 0 Å². The van der Waals surface area contributed by atoms with Gasteiger partial charge in [0.15, 0.2) is 5.13 Å². The minimum absolute atomic E-state index is 0.156. The molecule has 3 heterocycles. The van der Waals surface area contributed by atoms with E-state index in [2.05, 4.69) is 15.3 Å². The quantitative estimate of drug-likeness (QED) is 0.404. The second-order valence-electron chi connectivity index (χ2n) is 6.73. The van der Waals surface area contributed by atoms with Gasteiger partial charge in [-0.2, -0.15) is 4.31 Å². The number of nitrogens with zero attached hydrogens (tertiary/aromatic N) is 5. The molecule has 0 radical (unpaired) electrons. The number of aromatic nitrogens is 3. The smallest absolute Gasteiger partial charge is 0.273 e. The van der Waals surface area contributed by atoms with Gasteiger partial charge >= 0.3 is 0 Å². The van der Waals surface area contributed by atoms with Gasteiger partial charge in [-0.25, -0.2) is 18.4 Å². The molecule has 0 unspecified atom stereocenters. The summed E-state index contributed by atoms with van der Waals surface area (Å²) >= 11 is 8.21. The summed E-state index contributed by atoms with van der Waals surface area (Å²) in [6.07, 6.45) is 6.32. The molecule has 0 fully saturated rings. The molecule has 31 heavy (non-hydrogen) atoms. The van der Waals surface area contributed by atoms with Crippen LogP contribution in [0, 0.1) is 0 Å². The highest BCUT2D eigenvalue weighted by atomic mass is 35.5. The van der Waals surface area contributed by atoms with Crippen LogP contribution in [0.3, 0.4) is 0 Å². The lowest BCUT2D eigenvalue weighted by atomic mass is 10.4. The van der Waals surface area contributed by atoms with Gasteiger partial charge in [-0.05, 0) is 18.6 Å². The molecule has 0 aliphatic rings. The molecule has 3 aromatic heterocycles. The Hall–Kier alpha value is -1.99. The SMILES string of the molecule is CN(CCN(C)S(=O)(=O)c1ccc(Cl)s1)C(=O)c1csc(NCCCn2ccnc2)n1. The number of anilines is 1. The Morgan fingerprint density at radius 1 is 1.29 bits per heavy atom. The first kappa shape index (κ1) is 23.7. The summed E-state index contributed by atoms with van der Waals surface area (Å²) in [7, 11) is -0.520. The van der Waals surface area contributed by atoms with E-state index in [0.29, 0.717) is 15.2 Å². The summed E-state index contributed by atoms with van der Waals surface area (Å²) in [4.78, 5) is 22.4. The van der Waals surface area contributed by atoms with E-state index in [1.165, 1.54) is 33.7 Å². The molecule has 9 nitrogen and oxygen atoms in total. The third-order valence-corrected chi connectivity index (χ3v) is 8.82. The second kappa shape index (κ2) is 10.6. The van der Waals surface area contributed by atoms with E-state index in [9.17, 15) is 13.2 Å². The minimum atomic E-state index is -3.63. The topological polar surface area (TPSA) is 100 Å². The van der Waals surface area contributed by atoms with Gasteiger partial charge in [0.25, 0.3) is 15.9 Å². The fourth-order valence-corrected chi connectivity index (χ4v) is 6.20. The normalized spacial score (nSPS) is 11.7. The lowest BCUT2D eigenvalue weighted by Crippen LogP contribution is -2.37. The van der Waals surface area contributed by atoms with E-state index in [-0.39, 0.29) is 23.2 Å². The van der Waals surface area contributed by atoms with Crippen LogP contribution in [0.15, 0.2) is 40.4 Å². The van der Waals surface area contributed by atoms with Crippen LogP contribution in [-0.2, 0) is 16.6 Å². The molecule has 13 heteroatoms. The highest BCUT2D eigenvalue weighted by molar-refractivity contribution is 7.91. The molecule has 1 N–H and O–H groups in total. The van der Waals surface area contributed by atoms with Crippen LogP contribution in [0.2, 0.25) is 4.34 Å². The van der Waals surface area contributed by atoms with Crippen LogP contribution in [-0.4, -0.2) is 71.8 Å². The summed E-state index contributed by atoms with van der Waals surface area (Å²) in [5, 5.41) is 5.59. The zero-order valence-corrected chi connectivity index (χ0v) is 20.3. The second-order valence-corrected chi connectivity index (χ2v) is 11.6. The number of hydrogen-bond acceptors (Lipinski definition) is 8. The van der Waals surface area contributed by atoms with Crippen molar-refractivity contribution in [3.05, 3.63) is 46.3 Å². The molecule has 0 spiro atoms. The third-order valence-electron chi connectivity index (χ3n) is 4.46. The van der Waals surface area contributed by atoms with E-state index < -0.39 is 10.0 Å². The van der Waals surface area contributed by atoms with Crippen LogP contribution < -0.4 is 5.32 Å². The van der Waals surface area contributed by atoms with Crippen molar-refractivity contribution in [2.24, 2.45) is 0 Å². The van der Waals surface area contributed by atoms with Crippen LogP contribution in [0.5, 0.6) is 0 Å². The number of sulfonamides is 1. The molecule has 0 aromatic carbocycles. The number of imidazole rings is 1. The van der Waals surface area contributed by atoms with Crippen molar-refractivity contribution in [3.8, 4) is 0 Å². The maximum absolute atomic E-state index is 12.6. The maximum atomic E-state index is 12.6. The van der Waals surface area contributed by atoms with E-state index in [4.69, 9.17) is 11.6 Å². The van der Waals surface area contributed by atoms with Gasteiger partial charge in [-0.15, -0.1) is 22.7 Å². The van der Waals surface area contributed by atoms with Gasteiger partial charge < -0.3 is 14.8 Å². The number of thiophene rings is 1. The van der Waals surface area contributed by atoms with Crippen molar-refractivity contribution in [2.45, 2.75) is 17.2 Å². The number of rotatable bonds is 11. The number of halogens is 1. The zero-order valence-electron chi connectivity index (χ0n) is 17.1. The highest BCUT2D eigenvalue weighted by Crippen LogP contribution is 2.27. The summed E-state index contributed by atoms with van der Waals surface area (Å²) in [5.74, 6) is -0.257. The number of nitrogens with one attached hydrogen (secondary N) is 1. The molecule has 0 aliphatic carbocycles. The predicted octanol–water partition coefficient (Wildman–Crippen LogP) is 2.95. The summed E-state index contributed by atoms with van der Waals surface area (Å²) in [6, 6.07) is 3.03. The number of amides is 1. The largest absolute Gasteiger partial charge is 0.361 e. The average molecular weight is 503 g/mol. The Labute approximate surface area is 194 Å². The lowest BCUT2D eigenvalue weighted by molar-refractivity contribution is 0.0786. The fraction of sp³-hybridized carbons (Fsp3) is 0.389. The molecule has 0 atom stereocenters. The van der Waals surface area contributed by atoms with E-state index in [1.54, 1.807) is 31.0 Å². The number of carbonyl (C=O) groups is 1. The van der Waals surface area contributed by atoms with E-state index in [1.807, 2.05) is 10.8 Å². The van der Waals surface area contributed by atoms with Crippen LogP contribution in [0.1, 0.15) is 16.9 Å². The van der Waals surface area contributed by atoms with Crippen molar-refractivity contribution >= 4 is 55.3 Å². The number of aryl methyl sites for hydroxylation is 1. The van der Waals surface area contributed by atoms with Gasteiger partial charge in [-0.3, -0.25) is 4.79 Å². The summed E-state index contributed by atoms with van der Waals surface area (Å²) in [6.45, 7) is 1.97. The number of thiazole rings is 1. The first-order valence-electron chi connectivity index (χ1n) is 9.39. The van der Waals surface area contributed by atoms with Crippen molar-refractivity contribution < 1.29 is 13.2 Å². The fourth-order valence-electron chi connectivity index (χ4n) is 2.63. The van der Waals surface area contributed by atoms with Crippen LogP contribution in [0.25, 0.3) is 0 Å². The molecule has 1 amide bonds. The lowest BCUT2D eigenvalue weighted by Gasteiger charge is -2.21. The number of likely N-dealkylation sites (N-methyl/N-ethyl adjacent to an activating group) is 2. The highest BCUT2D eigenvalue weighted by Gasteiger charge is 2.24. The molecule has 0 saturated carbocycles. The average Bonchev–Trinajstić information content (AvgIpc) is 3.50.